The summed E-state index contributed by atoms with van der Waals surface area (Å²) in [5.74, 6) is -0.878. The first-order valence-electron chi connectivity index (χ1n) is 5.49. The number of hydrogen-bond acceptors (Lipinski definition) is 1. The SMILES string of the molecule is Cc1cccc(-c2ccc(C)c(C(=O)O)c2)c1. The summed E-state index contributed by atoms with van der Waals surface area (Å²) in [4.78, 5) is 11.1. The van der Waals surface area contributed by atoms with E-state index in [0.717, 1.165) is 16.7 Å². The lowest BCUT2D eigenvalue weighted by molar-refractivity contribution is 0.0696. The molecule has 2 heteroatoms. The number of carboxylic acids is 1. The average Bonchev–Trinajstić information content (AvgIpc) is 2.29. The number of aromatic carboxylic acids is 1. The minimum Gasteiger partial charge on any atom is -0.478 e. The highest BCUT2D eigenvalue weighted by atomic mass is 16.4. The van der Waals surface area contributed by atoms with Crippen LogP contribution >= 0.6 is 0 Å². The second-order valence-electron chi connectivity index (χ2n) is 4.20. The lowest BCUT2D eigenvalue weighted by Crippen LogP contribution is -1.99. The number of carbonyl (C=O) groups is 1. The second kappa shape index (κ2) is 4.42. The van der Waals surface area contributed by atoms with Crippen molar-refractivity contribution in [1.82, 2.24) is 0 Å². The highest BCUT2D eigenvalue weighted by molar-refractivity contribution is 5.91. The van der Waals surface area contributed by atoms with Crippen molar-refractivity contribution >= 4 is 5.97 Å². The van der Waals surface area contributed by atoms with Crippen LogP contribution in [0.1, 0.15) is 21.5 Å². The zero-order chi connectivity index (χ0) is 12.4. The third kappa shape index (κ3) is 2.36. The molecule has 0 atom stereocenters. The Labute approximate surface area is 101 Å². The number of benzene rings is 2. The standard InChI is InChI=1S/C15H14O2/c1-10-4-3-5-12(8-10)13-7-6-11(2)14(9-13)15(16)17/h3-9H,1-2H3,(H,16,17). The van der Waals surface area contributed by atoms with Crippen molar-refractivity contribution in [2.75, 3.05) is 0 Å². The largest absolute Gasteiger partial charge is 0.478 e. The van der Waals surface area contributed by atoms with E-state index in [2.05, 4.69) is 6.07 Å². The van der Waals surface area contributed by atoms with Gasteiger partial charge in [0.1, 0.15) is 0 Å². The molecule has 0 spiro atoms. The molecule has 0 aliphatic heterocycles. The quantitative estimate of drug-likeness (QED) is 0.848. The van der Waals surface area contributed by atoms with Crippen LogP contribution in [0.3, 0.4) is 0 Å². The Morgan fingerprint density at radius 3 is 2.35 bits per heavy atom. The molecule has 0 aromatic heterocycles. The fourth-order valence-corrected chi connectivity index (χ4v) is 1.86. The van der Waals surface area contributed by atoms with E-state index >= 15 is 0 Å². The van der Waals surface area contributed by atoms with Crippen molar-refractivity contribution in [2.24, 2.45) is 0 Å². The van der Waals surface area contributed by atoms with Gasteiger partial charge in [-0.15, -0.1) is 0 Å². The maximum atomic E-state index is 11.1. The van der Waals surface area contributed by atoms with Gasteiger partial charge in [0.2, 0.25) is 0 Å². The Morgan fingerprint density at radius 1 is 1.00 bits per heavy atom. The third-order valence-electron chi connectivity index (χ3n) is 2.82. The smallest absolute Gasteiger partial charge is 0.335 e. The van der Waals surface area contributed by atoms with E-state index in [4.69, 9.17) is 5.11 Å². The van der Waals surface area contributed by atoms with E-state index in [1.807, 2.05) is 44.2 Å². The van der Waals surface area contributed by atoms with Gasteiger partial charge in [0.05, 0.1) is 5.56 Å². The molecular formula is C15H14O2. The number of carboxylic acid groups (broad SMARTS) is 1. The predicted octanol–water partition coefficient (Wildman–Crippen LogP) is 3.67. The second-order valence-corrected chi connectivity index (χ2v) is 4.20. The molecule has 0 fully saturated rings. The summed E-state index contributed by atoms with van der Waals surface area (Å²) in [6.07, 6.45) is 0. The van der Waals surface area contributed by atoms with Gasteiger partial charge in [0.25, 0.3) is 0 Å². The summed E-state index contributed by atoms with van der Waals surface area (Å²) in [6, 6.07) is 13.6. The molecule has 0 unspecified atom stereocenters. The Hall–Kier alpha value is -2.09. The number of rotatable bonds is 2. The van der Waals surface area contributed by atoms with E-state index in [1.54, 1.807) is 6.07 Å². The normalized spacial score (nSPS) is 10.2. The molecule has 0 amide bonds. The topological polar surface area (TPSA) is 37.3 Å². The molecule has 0 bridgehead atoms. The molecule has 2 nitrogen and oxygen atoms in total. The van der Waals surface area contributed by atoms with Crippen molar-refractivity contribution in [2.45, 2.75) is 13.8 Å². The number of hydrogen-bond donors (Lipinski definition) is 1. The van der Waals surface area contributed by atoms with Gasteiger partial charge in [-0.25, -0.2) is 4.79 Å². The van der Waals surface area contributed by atoms with E-state index in [-0.39, 0.29) is 0 Å². The zero-order valence-electron chi connectivity index (χ0n) is 9.90. The molecule has 0 aliphatic carbocycles. The summed E-state index contributed by atoms with van der Waals surface area (Å²) < 4.78 is 0. The van der Waals surface area contributed by atoms with Crippen molar-refractivity contribution in [3.63, 3.8) is 0 Å². The number of aryl methyl sites for hydroxylation is 2. The zero-order valence-corrected chi connectivity index (χ0v) is 9.90. The lowest BCUT2D eigenvalue weighted by Gasteiger charge is -2.06. The molecule has 2 aromatic rings. The fourth-order valence-electron chi connectivity index (χ4n) is 1.86. The summed E-state index contributed by atoms with van der Waals surface area (Å²) >= 11 is 0. The van der Waals surface area contributed by atoms with Crippen LogP contribution < -0.4 is 0 Å². The first kappa shape index (κ1) is 11.4. The minimum absolute atomic E-state index is 0.365. The van der Waals surface area contributed by atoms with Crippen molar-refractivity contribution < 1.29 is 9.90 Å². The van der Waals surface area contributed by atoms with E-state index in [0.29, 0.717) is 5.56 Å². The maximum absolute atomic E-state index is 11.1. The molecule has 1 N–H and O–H groups in total. The average molecular weight is 226 g/mol. The Morgan fingerprint density at radius 2 is 1.71 bits per heavy atom. The van der Waals surface area contributed by atoms with E-state index in [9.17, 15) is 4.79 Å². The van der Waals surface area contributed by atoms with Gasteiger partial charge >= 0.3 is 5.97 Å². The summed E-state index contributed by atoms with van der Waals surface area (Å²) in [7, 11) is 0. The van der Waals surface area contributed by atoms with Crippen LogP contribution in [0.4, 0.5) is 0 Å². The van der Waals surface area contributed by atoms with Gasteiger partial charge in [-0.3, -0.25) is 0 Å². The van der Waals surface area contributed by atoms with Crippen LogP contribution in [0.5, 0.6) is 0 Å². The molecule has 0 heterocycles. The minimum atomic E-state index is -0.878. The van der Waals surface area contributed by atoms with Gasteiger partial charge in [-0.05, 0) is 36.6 Å². The van der Waals surface area contributed by atoms with Crippen molar-refractivity contribution in [1.29, 1.82) is 0 Å². The highest BCUT2D eigenvalue weighted by Crippen LogP contribution is 2.23. The molecule has 0 saturated carbocycles. The highest BCUT2D eigenvalue weighted by Gasteiger charge is 2.08. The molecule has 0 aliphatic rings. The Balaban J connectivity index is 2.54. The molecular weight excluding hydrogens is 212 g/mol. The molecule has 2 rings (SSSR count). The Kier molecular flexibility index (Phi) is 2.96. The molecule has 2 aromatic carbocycles. The molecule has 0 radical (unpaired) electrons. The van der Waals surface area contributed by atoms with Gasteiger partial charge in [-0.2, -0.15) is 0 Å². The first-order chi connectivity index (χ1) is 8.08. The van der Waals surface area contributed by atoms with Crippen molar-refractivity contribution in [3.05, 3.63) is 59.2 Å². The van der Waals surface area contributed by atoms with Gasteiger partial charge in [-0.1, -0.05) is 42.0 Å². The van der Waals surface area contributed by atoms with Gasteiger partial charge < -0.3 is 5.11 Å². The fraction of sp³-hybridized carbons (Fsp3) is 0.133. The van der Waals surface area contributed by atoms with Crippen LogP contribution in [0.25, 0.3) is 11.1 Å². The maximum Gasteiger partial charge on any atom is 0.335 e. The van der Waals surface area contributed by atoms with E-state index in [1.165, 1.54) is 5.56 Å². The van der Waals surface area contributed by atoms with Crippen LogP contribution in [0, 0.1) is 13.8 Å². The predicted molar refractivity (Wildman–Crippen MR) is 68.3 cm³/mol. The molecule has 0 saturated heterocycles. The summed E-state index contributed by atoms with van der Waals surface area (Å²) in [5, 5.41) is 9.09. The summed E-state index contributed by atoms with van der Waals surface area (Å²) in [5.41, 5.74) is 4.31. The van der Waals surface area contributed by atoms with Crippen LogP contribution in [0.2, 0.25) is 0 Å². The van der Waals surface area contributed by atoms with Crippen LogP contribution in [-0.4, -0.2) is 11.1 Å². The monoisotopic (exact) mass is 226 g/mol. The van der Waals surface area contributed by atoms with Crippen molar-refractivity contribution in [3.8, 4) is 11.1 Å². The summed E-state index contributed by atoms with van der Waals surface area (Å²) in [6.45, 7) is 3.83. The lowest BCUT2D eigenvalue weighted by atomic mass is 9.99. The van der Waals surface area contributed by atoms with Gasteiger partial charge in [0.15, 0.2) is 0 Å². The van der Waals surface area contributed by atoms with Crippen LogP contribution in [-0.2, 0) is 0 Å². The first-order valence-corrected chi connectivity index (χ1v) is 5.49. The third-order valence-corrected chi connectivity index (χ3v) is 2.82. The van der Waals surface area contributed by atoms with Gasteiger partial charge in [0, 0.05) is 0 Å². The molecule has 17 heavy (non-hydrogen) atoms. The Bertz CT molecular complexity index is 571. The molecule has 86 valence electrons. The van der Waals surface area contributed by atoms with Crippen LogP contribution in [0.15, 0.2) is 42.5 Å². The van der Waals surface area contributed by atoms with E-state index < -0.39 is 5.97 Å².